The van der Waals surface area contributed by atoms with Crippen molar-refractivity contribution in [3.63, 3.8) is 0 Å². The van der Waals surface area contributed by atoms with Crippen LogP contribution in [0, 0.1) is 5.53 Å². The molecular weight excluding hydrogens is 138 g/mol. The molecule has 11 heavy (non-hydrogen) atoms. The lowest BCUT2D eigenvalue weighted by molar-refractivity contribution is 1.12. The van der Waals surface area contributed by atoms with E-state index in [1.54, 1.807) is 0 Å². The molecule has 1 heterocycles. The van der Waals surface area contributed by atoms with Crippen molar-refractivity contribution < 1.29 is 0 Å². The molecule has 2 N–H and O–H groups in total. The number of nitrogens with zero attached hydrogens (tertiary/aromatic N) is 1. The van der Waals surface area contributed by atoms with Gasteiger partial charge in [0, 0.05) is 17.0 Å². The SMILES string of the molecule is N=Nc1[nH]cc2ccccc12. The molecule has 0 atom stereocenters. The third-order valence-electron chi connectivity index (χ3n) is 1.69. The Morgan fingerprint density at radius 3 is 2.91 bits per heavy atom. The average Bonchev–Trinajstić information content (AvgIpc) is 2.47. The van der Waals surface area contributed by atoms with Gasteiger partial charge >= 0.3 is 0 Å². The van der Waals surface area contributed by atoms with Crippen molar-refractivity contribution in [2.75, 3.05) is 0 Å². The molecule has 2 aromatic rings. The van der Waals surface area contributed by atoms with Crippen LogP contribution in [0.5, 0.6) is 0 Å². The molecule has 0 aliphatic carbocycles. The Balaban J connectivity index is 2.86. The van der Waals surface area contributed by atoms with Gasteiger partial charge in [0.2, 0.25) is 0 Å². The van der Waals surface area contributed by atoms with Gasteiger partial charge in [-0.1, -0.05) is 24.3 Å². The number of aromatic amines is 1. The molecule has 1 aromatic carbocycles. The Morgan fingerprint density at radius 2 is 2.09 bits per heavy atom. The molecule has 0 radical (unpaired) electrons. The Morgan fingerprint density at radius 1 is 1.27 bits per heavy atom. The molecule has 0 aliphatic rings. The highest BCUT2D eigenvalue weighted by atomic mass is 15.0. The lowest BCUT2D eigenvalue weighted by Crippen LogP contribution is -1.61. The molecule has 0 saturated heterocycles. The smallest absolute Gasteiger partial charge is 0.159 e. The van der Waals surface area contributed by atoms with Crippen LogP contribution in [0.25, 0.3) is 10.8 Å². The first-order valence-corrected chi connectivity index (χ1v) is 3.35. The van der Waals surface area contributed by atoms with E-state index >= 15 is 0 Å². The molecule has 0 aliphatic heterocycles. The van der Waals surface area contributed by atoms with Crippen LogP contribution in [0.15, 0.2) is 35.6 Å². The van der Waals surface area contributed by atoms with Crippen molar-refractivity contribution in [1.82, 2.24) is 4.98 Å². The predicted molar refractivity (Wildman–Crippen MR) is 43.1 cm³/mol. The second-order valence-corrected chi connectivity index (χ2v) is 2.34. The largest absolute Gasteiger partial charge is 0.344 e. The summed E-state index contributed by atoms with van der Waals surface area (Å²) < 4.78 is 0. The van der Waals surface area contributed by atoms with Crippen molar-refractivity contribution in [3.05, 3.63) is 30.5 Å². The van der Waals surface area contributed by atoms with Gasteiger partial charge in [-0.3, -0.25) is 0 Å². The van der Waals surface area contributed by atoms with E-state index in [-0.39, 0.29) is 0 Å². The summed E-state index contributed by atoms with van der Waals surface area (Å²) in [4.78, 5) is 2.91. The Bertz CT molecular complexity index is 389. The topological polar surface area (TPSA) is 52.0 Å². The fourth-order valence-electron chi connectivity index (χ4n) is 1.15. The number of nitrogens with one attached hydrogen (secondary N) is 2. The zero-order valence-corrected chi connectivity index (χ0v) is 5.83. The Kier molecular flexibility index (Phi) is 1.22. The van der Waals surface area contributed by atoms with Gasteiger partial charge in [-0.05, 0) is 0 Å². The van der Waals surface area contributed by atoms with Gasteiger partial charge in [0.1, 0.15) is 0 Å². The fourth-order valence-corrected chi connectivity index (χ4v) is 1.15. The van der Waals surface area contributed by atoms with Crippen LogP contribution < -0.4 is 0 Å². The first-order chi connectivity index (χ1) is 5.42. The number of fused-ring (bicyclic) bond motifs is 1. The number of H-pyrrole nitrogens is 1. The van der Waals surface area contributed by atoms with Gasteiger partial charge in [0.15, 0.2) is 5.82 Å². The van der Waals surface area contributed by atoms with E-state index in [1.165, 1.54) is 0 Å². The van der Waals surface area contributed by atoms with Crippen LogP contribution in [0.1, 0.15) is 0 Å². The second-order valence-electron chi connectivity index (χ2n) is 2.34. The van der Waals surface area contributed by atoms with Gasteiger partial charge < -0.3 is 4.98 Å². The maximum absolute atomic E-state index is 6.84. The Labute approximate surface area is 63.6 Å². The predicted octanol–water partition coefficient (Wildman–Crippen LogP) is 2.83. The molecule has 54 valence electrons. The Hall–Kier alpha value is -1.64. The minimum atomic E-state index is 0.626. The summed E-state index contributed by atoms with van der Waals surface area (Å²) in [5.74, 6) is 0.626. The summed E-state index contributed by atoms with van der Waals surface area (Å²) in [6.45, 7) is 0. The summed E-state index contributed by atoms with van der Waals surface area (Å²) in [7, 11) is 0. The van der Waals surface area contributed by atoms with Crippen molar-refractivity contribution in [2.24, 2.45) is 5.11 Å². The molecule has 1 aromatic heterocycles. The van der Waals surface area contributed by atoms with Gasteiger partial charge in [-0.15, -0.1) is 5.11 Å². The van der Waals surface area contributed by atoms with E-state index in [1.807, 2.05) is 30.5 Å². The van der Waals surface area contributed by atoms with Crippen molar-refractivity contribution in [2.45, 2.75) is 0 Å². The molecule has 2 rings (SSSR count). The van der Waals surface area contributed by atoms with Gasteiger partial charge in [-0.2, -0.15) is 0 Å². The quantitative estimate of drug-likeness (QED) is 0.580. The zero-order chi connectivity index (χ0) is 7.68. The molecule has 3 nitrogen and oxygen atoms in total. The van der Waals surface area contributed by atoms with Gasteiger partial charge in [-0.25, -0.2) is 5.53 Å². The highest BCUT2D eigenvalue weighted by Crippen LogP contribution is 2.23. The molecule has 0 unspecified atom stereocenters. The molecule has 0 amide bonds. The van der Waals surface area contributed by atoms with Gasteiger partial charge in [0.05, 0.1) is 0 Å². The standard InChI is InChI=1S/C8H7N3/c9-11-8-7-4-2-1-3-6(7)5-10-8/h1-5,9-10H. The van der Waals surface area contributed by atoms with E-state index < -0.39 is 0 Å². The number of hydrogen-bond donors (Lipinski definition) is 2. The number of hydrogen-bond acceptors (Lipinski definition) is 2. The molecule has 0 saturated carbocycles. The molecule has 0 fully saturated rings. The van der Waals surface area contributed by atoms with Crippen LogP contribution in [0.2, 0.25) is 0 Å². The minimum Gasteiger partial charge on any atom is -0.344 e. The van der Waals surface area contributed by atoms with E-state index in [0.29, 0.717) is 5.82 Å². The number of aromatic nitrogens is 1. The molecule has 3 heteroatoms. The molecule has 0 spiro atoms. The minimum absolute atomic E-state index is 0.626. The monoisotopic (exact) mass is 145 g/mol. The van der Waals surface area contributed by atoms with Crippen LogP contribution >= 0.6 is 0 Å². The molecule has 0 bridgehead atoms. The summed E-state index contributed by atoms with van der Waals surface area (Å²) in [6.07, 6.45) is 1.85. The van der Waals surface area contributed by atoms with E-state index in [2.05, 4.69) is 10.1 Å². The highest BCUT2D eigenvalue weighted by Gasteiger charge is 1.98. The third kappa shape index (κ3) is 0.816. The first-order valence-electron chi connectivity index (χ1n) is 3.35. The van der Waals surface area contributed by atoms with Crippen LogP contribution in [0.3, 0.4) is 0 Å². The maximum Gasteiger partial charge on any atom is 0.159 e. The number of benzene rings is 1. The lowest BCUT2D eigenvalue weighted by atomic mass is 10.2. The van der Waals surface area contributed by atoms with Crippen LogP contribution in [0.4, 0.5) is 5.82 Å². The second kappa shape index (κ2) is 2.20. The summed E-state index contributed by atoms with van der Waals surface area (Å²) in [6, 6.07) is 7.83. The normalized spacial score (nSPS) is 10.2. The first kappa shape index (κ1) is 6.09. The highest BCUT2D eigenvalue weighted by molar-refractivity contribution is 5.91. The van der Waals surface area contributed by atoms with E-state index in [4.69, 9.17) is 5.53 Å². The molecular formula is C8H7N3. The lowest BCUT2D eigenvalue weighted by Gasteiger charge is -1.86. The van der Waals surface area contributed by atoms with E-state index in [9.17, 15) is 0 Å². The van der Waals surface area contributed by atoms with Crippen molar-refractivity contribution in [3.8, 4) is 0 Å². The zero-order valence-electron chi connectivity index (χ0n) is 5.83. The summed E-state index contributed by atoms with van der Waals surface area (Å²) in [5.41, 5.74) is 6.84. The summed E-state index contributed by atoms with van der Waals surface area (Å²) in [5, 5.41) is 5.45. The maximum atomic E-state index is 6.84. The van der Waals surface area contributed by atoms with Crippen molar-refractivity contribution in [1.29, 1.82) is 5.53 Å². The van der Waals surface area contributed by atoms with E-state index in [0.717, 1.165) is 10.8 Å². The van der Waals surface area contributed by atoms with Crippen LogP contribution in [-0.2, 0) is 0 Å². The van der Waals surface area contributed by atoms with Crippen molar-refractivity contribution >= 4 is 16.6 Å². The number of rotatable bonds is 1. The van der Waals surface area contributed by atoms with Crippen LogP contribution in [-0.4, -0.2) is 4.98 Å². The van der Waals surface area contributed by atoms with Gasteiger partial charge in [0.25, 0.3) is 0 Å². The third-order valence-corrected chi connectivity index (χ3v) is 1.69. The average molecular weight is 145 g/mol. The fraction of sp³-hybridized carbons (Fsp3) is 0. The summed E-state index contributed by atoms with van der Waals surface area (Å²) >= 11 is 0.